The third-order valence-corrected chi connectivity index (χ3v) is 4.45. The molecule has 0 bridgehead atoms. The Morgan fingerprint density at radius 1 is 0.897 bits per heavy atom. The minimum Gasteiger partial charge on any atom is -0.454 e. The molecular weight excluding hydrogens is 370 g/mol. The number of anilines is 3. The van der Waals surface area contributed by atoms with Gasteiger partial charge in [-0.25, -0.2) is 0 Å². The maximum Gasteiger partial charge on any atom is 0.320 e. The Kier molecular flexibility index (Phi) is 5.03. The summed E-state index contributed by atoms with van der Waals surface area (Å²) in [5.41, 5.74) is 8.25. The zero-order chi connectivity index (χ0) is 20.2. The van der Waals surface area contributed by atoms with Crippen molar-refractivity contribution in [1.82, 2.24) is 5.32 Å². The van der Waals surface area contributed by atoms with E-state index in [9.17, 15) is 9.59 Å². The molecule has 0 fully saturated rings. The number of fused-ring (bicyclic) bond motifs is 1. The summed E-state index contributed by atoms with van der Waals surface area (Å²) in [7, 11) is 0. The second kappa shape index (κ2) is 7.93. The lowest BCUT2D eigenvalue weighted by molar-refractivity contribution is -0.137. The molecule has 0 aromatic heterocycles. The Bertz CT molecular complexity index is 1040. The number of hydrogen-bond donors (Lipinski definition) is 2. The summed E-state index contributed by atoms with van der Waals surface area (Å²) in [6.45, 7) is 0.364. The first-order chi connectivity index (χ1) is 14.1. The summed E-state index contributed by atoms with van der Waals surface area (Å²) >= 11 is 0. The van der Waals surface area contributed by atoms with Gasteiger partial charge in [0, 0.05) is 23.6 Å². The van der Waals surface area contributed by atoms with Gasteiger partial charge in [-0.15, -0.1) is 0 Å². The van der Waals surface area contributed by atoms with Crippen LogP contribution in [0.1, 0.15) is 5.56 Å². The van der Waals surface area contributed by atoms with Crippen molar-refractivity contribution >= 4 is 28.9 Å². The van der Waals surface area contributed by atoms with E-state index in [-0.39, 0.29) is 13.3 Å². The van der Waals surface area contributed by atoms with Crippen LogP contribution in [0.5, 0.6) is 11.5 Å². The Labute approximate surface area is 167 Å². The summed E-state index contributed by atoms with van der Waals surface area (Å²) in [4.78, 5) is 27.0. The molecule has 1 aliphatic rings. The highest BCUT2D eigenvalue weighted by Gasteiger charge is 2.25. The van der Waals surface area contributed by atoms with Crippen LogP contribution in [0.25, 0.3) is 0 Å². The standard InChI is InChI=1S/C22H19N3O4/c23-16-7-9-18(10-8-16)25(17-4-2-1-3-5-17)22(27)21(26)24-13-15-6-11-19-20(12-15)29-14-28-19/h1-12H,13-14,23H2,(H,24,26). The van der Waals surface area contributed by atoms with E-state index in [0.717, 1.165) is 5.56 Å². The molecule has 0 aliphatic carbocycles. The molecule has 146 valence electrons. The third kappa shape index (κ3) is 3.98. The second-order valence-corrected chi connectivity index (χ2v) is 6.44. The first-order valence-electron chi connectivity index (χ1n) is 9.03. The van der Waals surface area contributed by atoms with Crippen molar-refractivity contribution in [2.75, 3.05) is 17.4 Å². The van der Waals surface area contributed by atoms with Crippen molar-refractivity contribution in [3.8, 4) is 11.5 Å². The summed E-state index contributed by atoms with van der Waals surface area (Å²) in [5, 5.41) is 2.67. The number of nitrogens with zero attached hydrogens (tertiary/aromatic N) is 1. The van der Waals surface area contributed by atoms with Crippen molar-refractivity contribution in [2.45, 2.75) is 6.54 Å². The average Bonchev–Trinajstić information content (AvgIpc) is 3.22. The molecule has 2 amide bonds. The molecular formula is C22H19N3O4. The summed E-state index contributed by atoms with van der Waals surface area (Å²) in [5.74, 6) is -0.129. The van der Waals surface area contributed by atoms with Crippen molar-refractivity contribution in [2.24, 2.45) is 0 Å². The Morgan fingerprint density at radius 3 is 2.34 bits per heavy atom. The Hall–Kier alpha value is -4.00. The van der Waals surface area contributed by atoms with Gasteiger partial charge in [-0.1, -0.05) is 24.3 Å². The zero-order valence-corrected chi connectivity index (χ0v) is 15.5. The molecule has 0 spiro atoms. The predicted molar refractivity (Wildman–Crippen MR) is 109 cm³/mol. The normalized spacial score (nSPS) is 11.7. The lowest BCUT2D eigenvalue weighted by Gasteiger charge is -2.22. The number of nitrogens with one attached hydrogen (secondary N) is 1. The molecule has 1 heterocycles. The van der Waals surface area contributed by atoms with Crippen LogP contribution in [-0.2, 0) is 16.1 Å². The van der Waals surface area contributed by atoms with E-state index in [1.54, 1.807) is 60.7 Å². The quantitative estimate of drug-likeness (QED) is 0.529. The van der Waals surface area contributed by atoms with Gasteiger partial charge >= 0.3 is 11.8 Å². The summed E-state index contributed by atoms with van der Waals surface area (Å²) in [6, 6.07) is 21.1. The monoisotopic (exact) mass is 389 g/mol. The molecule has 4 rings (SSSR count). The number of hydrogen-bond acceptors (Lipinski definition) is 5. The van der Waals surface area contributed by atoms with E-state index in [4.69, 9.17) is 15.2 Å². The predicted octanol–water partition coefficient (Wildman–Crippen LogP) is 2.98. The van der Waals surface area contributed by atoms with Gasteiger partial charge in [-0.3, -0.25) is 14.5 Å². The number of ether oxygens (including phenoxy) is 2. The van der Waals surface area contributed by atoms with E-state index < -0.39 is 11.8 Å². The molecule has 0 saturated carbocycles. The highest BCUT2D eigenvalue weighted by Crippen LogP contribution is 2.32. The van der Waals surface area contributed by atoms with Crippen molar-refractivity contribution in [3.05, 3.63) is 78.4 Å². The fourth-order valence-corrected chi connectivity index (χ4v) is 2.99. The van der Waals surface area contributed by atoms with Gasteiger partial charge < -0.3 is 20.5 Å². The number of carbonyl (C=O) groups is 2. The number of nitrogen functional groups attached to an aromatic ring is 1. The zero-order valence-electron chi connectivity index (χ0n) is 15.5. The maximum atomic E-state index is 13.0. The topological polar surface area (TPSA) is 93.9 Å². The van der Waals surface area contributed by atoms with Crippen molar-refractivity contribution < 1.29 is 19.1 Å². The fourth-order valence-electron chi connectivity index (χ4n) is 2.99. The minimum absolute atomic E-state index is 0.178. The molecule has 3 aromatic carbocycles. The average molecular weight is 389 g/mol. The van der Waals surface area contributed by atoms with E-state index in [0.29, 0.717) is 28.6 Å². The maximum absolute atomic E-state index is 13.0. The van der Waals surface area contributed by atoms with Crippen LogP contribution in [0.15, 0.2) is 72.8 Å². The van der Waals surface area contributed by atoms with Gasteiger partial charge in [0.05, 0.1) is 0 Å². The number of para-hydroxylation sites is 1. The smallest absolute Gasteiger partial charge is 0.320 e. The summed E-state index contributed by atoms with van der Waals surface area (Å²) in [6.07, 6.45) is 0. The van der Waals surface area contributed by atoms with Crippen LogP contribution in [0.2, 0.25) is 0 Å². The van der Waals surface area contributed by atoms with Crippen LogP contribution in [0.3, 0.4) is 0 Å². The molecule has 29 heavy (non-hydrogen) atoms. The van der Waals surface area contributed by atoms with E-state index >= 15 is 0 Å². The van der Waals surface area contributed by atoms with E-state index in [1.807, 2.05) is 12.1 Å². The number of benzene rings is 3. The number of nitrogens with two attached hydrogens (primary N) is 1. The van der Waals surface area contributed by atoms with E-state index in [2.05, 4.69) is 5.32 Å². The lowest BCUT2D eigenvalue weighted by atomic mass is 10.2. The van der Waals surface area contributed by atoms with Crippen LogP contribution in [0, 0.1) is 0 Å². The van der Waals surface area contributed by atoms with Crippen molar-refractivity contribution in [1.29, 1.82) is 0 Å². The molecule has 7 nitrogen and oxygen atoms in total. The highest BCUT2D eigenvalue weighted by molar-refractivity contribution is 6.42. The fraction of sp³-hybridized carbons (Fsp3) is 0.0909. The third-order valence-electron chi connectivity index (χ3n) is 4.45. The summed E-state index contributed by atoms with van der Waals surface area (Å²) < 4.78 is 10.6. The molecule has 0 unspecified atom stereocenters. The highest BCUT2D eigenvalue weighted by atomic mass is 16.7. The molecule has 0 atom stereocenters. The molecule has 1 aliphatic heterocycles. The van der Waals surface area contributed by atoms with Gasteiger partial charge in [0.2, 0.25) is 6.79 Å². The minimum atomic E-state index is -0.719. The van der Waals surface area contributed by atoms with Crippen molar-refractivity contribution in [3.63, 3.8) is 0 Å². The molecule has 3 aromatic rings. The van der Waals surface area contributed by atoms with Gasteiger partial charge in [0.15, 0.2) is 11.5 Å². The first kappa shape index (κ1) is 18.4. The molecule has 3 N–H and O–H groups in total. The van der Waals surface area contributed by atoms with Crippen LogP contribution >= 0.6 is 0 Å². The Morgan fingerprint density at radius 2 is 1.59 bits per heavy atom. The van der Waals surface area contributed by atoms with Crippen LogP contribution < -0.4 is 25.4 Å². The first-order valence-corrected chi connectivity index (χ1v) is 9.03. The molecule has 7 heteroatoms. The van der Waals surface area contributed by atoms with Gasteiger partial charge in [-0.2, -0.15) is 0 Å². The number of carbonyl (C=O) groups excluding carboxylic acids is 2. The molecule has 0 saturated heterocycles. The van der Waals surface area contributed by atoms with Gasteiger partial charge in [0.1, 0.15) is 0 Å². The van der Waals surface area contributed by atoms with Gasteiger partial charge in [-0.05, 0) is 54.1 Å². The Balaban J connectivity index is 1.52. The number of rotatable bonds is 4. The number of amides is 2. The van der Waals surface area contributed by atoms with Gasteiger partial charge in [0.25, 0.3) is 0 Å². The molecule has 0 radical (unpaired) electrons. The SMILES string of the molecule is Nc1ccc(N(C(=O)C(=O)NCc2ccc3c(c2)OCO3)c2ccccc2)cc1. The lowest BCUT2D eigenvalue weighted by Crippen LogP contribution is -2.40. The van der Waals surface area contributed by atoms with Crippen LogP contribution in [0.4, 0.5) is 17.1 Å². The second-order valence-electron chi connectivity index (χ2n) is 6.44. The van der Waals surface area contributed by atoms with Crippen LogP contribution in [-0.4, -0.2) is 18.6 Å². The van der Waals surface area contributed by atoms with E-state index in [1.165, 1.54) is 4.90 Å². The largest absolute Gasteiger partial charge is 0.454 e.